The van der Waals surface area contributed by atoms with E-state index in [4.69, 9.17) is 5.11 Å². The van der Waals surface area contributed by atoms with E-state index >= 15 is 0 Å². The molecule has 9 heteroatoms. The van der Waals surface area contributed by atoms with Crippen LogP contribution >= 0.6 is 0 Å². The van der Waals surface area contributed by atoms with Gasteiger partial charge in [-0.1, -0.05) is 6.07 Å². The zero-order valence-electron chi connectivity index (χ0n) is 11.1. The Morgan fingerprint density at radius 3 is 2.86 bits per heavy atom. The van der Waals surface area contributed by atoms with Crippen LogP contribution in [0.3, 0.4) is 0 Å². The molecule has 0 saturated heterocycles. The summed E-state index contributed by atoms with van der Waals surface area (Å²) < 4.78 is 39.8. The molecule has 2 aromatic rings. The lowest BCUT2D eigenvalue weighted by Gasteiger charge is -2.10. The van der Waals surface area contributed by atoms with Crippen LogP contribution in [0.25, 0.3) is 0 Å². The van der Waals surface area contributed by atoms with Gasteiger partial charge in [-0.05, 0) is 24.1 Å². The molecule has 0 atom stereocenters. The maximum Gasteiger partial charge on any atom is 0.241 e. The van der Waals surface area contributed by atoms with Crippen molar-refractivity contribution in [1.29, 1.82) is 0 Å². The van der Waals surface area contributed by atoms with Crippen molar-refractivity contribution in [2.75, 3.05) is 6.54 Å². The summed E-state index contributed by atoms with van der Waals surface area (Å²) in [7, 11) is -3.86. The Morgan fingerprint density at radius 1 is 1.38 bits per heavy atom. The summed E-state index contributed by atoms with van der Waals surface area (Å²) in [5, 5.41) is 15.5. The quantitative estimate of drug-likeness (QED) is 0.639. The number of hydrogen-bond donors (Lipinski definition) is 3. The number of aryl methyl sites for hydroxylation is 1. The summed E-state index contributed by atoms with van der Waals surface area (Å²) in [6, 6.07) is 3.25. The average molecular weight is 314 g/mol. The molecule has 1 heterocycles. The molecule has 0 aliphatic heterocycles. The number of aliphatic hydroxyl groups is 1. The first-order valence-electron chi connectivity index (χ1n) is 6.26. The van der Waals surface area contributed by atoms with Gasteiger partial charge in [0.05, 0.1) is 11.5 Å². The number of benzene rings is 1. The molecule has 114 valence electrons. The summed E-state index contributed by atoms with van der Waals surface area (Å²) in [6.45, 7) is -0.307. The molecular weight excluding hydrogens is 299 g/mol. The normalized spacial score (nSPS) is 11.7. The van der Waals surface area contributed by atoms with Crippen molar-refractivity contribution in [1.82, 2.24) is 19.9 Å². The topological polar surface area (TPSA) is 108 Å². The fourth-order valence-electron chi connectivity index (χ4n) is 1.80. The number of nitrogens with zero attached hydrogens (tertiary/aromatic N) is 2. The minimum absolute atomic E-state index is 0.152. The van der Waals surface area contributed by atoms with Crippen LogP contribution in [0.2, 0.25) is 0 Å². The molecule has 0 radical (unpaired) electrons. The molecular formula is C12H15FN4O3S. The highest BCUT2D eigenvalue weighted by Gasteiger charge is 2.18. The number of hydrogen-bond acceptors (Lipinski definition) is 5. The summed E-state index contributed by atoms with van der Waals surface area (Å²) in [5.74, 6) is -0.00904. The first-order valence-corrected chi connectivity index (χ1v) is 7.74. The van der Waals surface area contributed by atoms with Crippen LogP contribution < -0.4 is 4.72 Å². The molecule has 1 aromatic heterocycles. The Balaban J connectivity index is 1.99. The summed E-state index contributed by atoms with van der Waals surface area (Å²) in [5.41, 5.74) is 0.152. The summed E-state index contributed by atoms with van der Waals surface area (Å²) in [6.07, 6.45) is 2.43. The second-order valence-corrected chi connectivity index (χ2v) is 6.08. The van der Waals surface area contributed by atoms with Gasteiger partial charge < -0.3 is 5.11 Å². The third-order valence-electron chi connectivity index (χ3n) is 2.84. The van der Waals surface area contributed by atoms with Crippen LogP contribution in [0.1, 0.15) is 17.8 Å². The number of aromatic amines is 1. The molecule has 0 fully saturated rings. The molecule has 21 heavy (non-hydrogen) atoms. The predicted octanol–water partition coefficient (Wildman–Crippen LogP) is 0.347. The van der Waals surface area contributed by atoms with E-state index in [-0.39, 0.29) is 17.0 Å². The van der Waals surface area contributed by atoms with Gasteiger partial charge in [0.15, 0.2) is 0 Å². The predicted molar refractivity (Wildman–Crippen MR) is 72.2 cm³/mol. The van der Waals surface area contributed by atoms with Crippen molar-refractivity contribution in [3.63, 3.8) is 0 Å². The third kappa shape index (κ3) is 4.06. The lowest BCUT2D eigenvalue weighted by molar-refractivity contribution is 0.278. The molecule has 3 N–H and O–H groups in total. The number of aliphatic hydroxyl groups excluding tert-OH is 1. The Bertz CT molecular complexity index is 689. The van der Waals surface area contributed by atoms with Crippen molar-refractivity contribution in [3.8, 4) is 0 Å². The lowest BCUT2D eigenvalue weighted by Crippen LogP contribution is -2.26. The lowest BCUT2D eigenvalue weighted by atomic mass is 10.2. The fourth-order valence-corrected chi connectivity index (χ4v) is 3.11. The van der Waals surface area contributed by atoms with Gasteiger partial charge in [0, 0.05) is 13.0 Å². The van der Waals surface area contributed by atoms with Crippen LogP contribution in [-0.2, 0) is 23.1 Å². The van der Waals surface area contributed by atoms with Gasteiger partial charge in [0.2, 0.25) is 10.0 Å². The average Bonchev–Trinajstić information content (AvgIpc) is 2.97. The van der Waals surface area contributed by atoms with Gasteiger partial charge in [-0.15, -0.1) is 0 Å². The van der Waals surface area contributed by atoms with E-state index in [1.807, 2.05) is 0 Å². The summed E-state index contributed by atoms with van der Waals surface area (Å²) >= 11 is 0. The first kappa shape index (κ1) is 15.5. The van der Waals surface area contributed by atoms with Crippen molar-refractivity contribution in [3.05, 3.63) is 41.7 Å². The second kappa shape index (κ2) is 6.74. The maximum atomic E-state index is 13.2. The Hall–Kier alpha value is -1.84. The molecule has 0 bridgehead atoms. The van der Waals surface area contributed by atoms with Crippen LogP contribution in [0, 0.1) is 5.82 Å². The Kier molecular flexibility index (Phi) is 4.99. The molecule has 0 aliphatic rings. The maximum absolute atomic E-state index is 13.2. The fraction of sp³-hybridized carbons (Fsp3) is 0.333. The minimum Gasteiger partial charge on any atom is -0.392 e. The molecule has 0 aliphatic carbocycles. The number of aromatic nitrogens is 3. The van der Waals surface area contributed by atoms with Crippen molar-refractivity contribution < 1.29 is 17.9 Å². The highest BCUT2D eigenvalue weighted by molar-refractivity contribution is 7.89. The standard InChI is InChI=1S/C12H15FN4O3S/c13-10-4-3-9(7-18)11(6-10)21(19,20)16-5-1-2-12-14-8-15-17-12/h3-4,6,8,16,18H,1-2,5,7H2,(H,14,15,17). The third-order valence-corrected chi connectivity index (χ3v) is 4.38. The zero-order valence-corrected chi connectivity index (χ0v) is 11.9. The van der Waals surface area contributed by atoms with E-state index in [0.717, 1.165) is 12.1 Å². The van der Waals surface area contributed by atoms with E-state index < -0.39 is 22.4 Å². The van der Waals surface area contributed by atoms with Gasteiger partial charge in [0.25, 0.3) is 0 Å². The van der Waals surface area contributed by atoms with Crippen molar-refractivity contribution in [2.24, 2.45) is 0 Å². The van der Waals surface area contributed by atoms with Gasteiger partial charge >= 0.3 is 0 Å². The Morgan fingerprint density at radius 2 is 2.19 bits per heavy atom. The largest absolute Gasteiger partial charge is 0.392 e. The monoisotopic (exact) mass is 314 g/mol. The van der Waals surface area contributed by atoms with Gasteiger partial charge in [-0.2, -0.15) is 5.10 Å². The Labute approximate surface area is 121 Å². The van der Waals surface area contributed by atoms with E-state index in [0.29, 0.717) is 18.7 Å². The van der Waals surface area contributed by atoms with Crippen molar-refractivity contribution >= 4 is 10.0 Å². The smallest absolute Gasteiger partial charge is 0.241 e. The number of nitrogens with one attached hydrogen (secondary N) is 2. The number of rotatable bonds is 7. The van der Waals surface area contributed by atoms with E-state index in [1.165, 1.54) is 12.4 Å². The highest BCUT2D eigenvalue weighted by Crippen LogP contribution is 2.17. The van der Waals surface area contributed by atoms with Gasteiger partial charge in [-0.3, -0.25) is 5.10 Å². The molecule has 1 aromatic carbocycles. The first-order chi connectivity index (χ1) is 10.0. The van der Waals surface area contributed by atoms with E-state index in [9.17, 15) is 12.8 Å². The van der Waals surface area contributed by atoms with Crippen LogP contribution in [0.15, 0.2) is 29.4 Å². The second-order valence-electron chi connectivity index (χ2n) is 4.34. The van der Waals surface area contributed by atoms with E-state index in [1.54, 1.807) is 0 Å². The van der Waals surface area contributed by atoms with Crippen LogP contribution in [0.5, 0.6) is 0 Å². The van der Waals surface area contributed by atoms with Crippen LogP contribution in [-0.4, -0.2) is 35.3 Å². The highest BCUT2D eigenvalue weighted by atomic mass is 32.2. The zero-order chi connectivity index (χ0) is 15.3. The minimum atomic E-state index is -3.86. The van der Waals surface area contributed by atoms with E-state index in [2.05, 4.69) is 19.9 Å². The van der Waals surface area contributed by atoms with Crippen LogP contribution in [0.4, 0.5) is 4.39 Å². The molecule has 0 saturated carbocycles. The van der Waals surface area contributed by atoms with Gasteiger partial charge in [-0.25, -0.2) is 22.5 Å². The molecule has 0 amide bonds. The SMILES string of the molecule is O=S(=O)(NCCCc1ncn[nH]1)c1cc(F)ccc1CO. The molecule has 7 nitrogen and oxygen atoms in total. The number of H-pyrrole nitrogens is 1. The number of halogens is 1. The molecule has 2 rings (SSSR count). The molecule has 0 unspecified atom stereocenters. The summed E-state index contributed by atoms with van der Waals surface area (Å²) in [4.78, 5) is 3.68. The molecule has 0 spiro atoms. The number of sulfonamides is 1. The van der Waals surface area contributed by atoms with Crippen molar-refractivity contribution in [2.45, 2.75) is 24.3 Å². The van der Waals surface area contributed by atoms with Gasteiger partial charge in [0.1, 0.15) is 18.0 Å².